The van der Waals surface area contributed by atoms with E-state index in [0.717, 1.165) is 16.5 Å². The van der Waals surface area contributed by atoms with E-state index in [9.17, 15) is 9.59 Å². The standard InChI is InChI=1S/C22H19N3O3/c26-21(23-12-11-15-14-24-18-8-3-1-6-16(15)18)17-7-2-4-9-19(17)25-22(27)20-10-5-13-28-20/h1-10,13-14,24H,11-12H2,(H,23,26)(H,25,27). The number of amides is 2. The summed E-state index contributed by atoms with van der Waals surface area (Å²) in [5.74, 6) is -0.450. The minimum Gasteiger partial charge on any atom is -0.459 e. The number of aromatic nitrogens is 1. The number of furan rings is 1. The zero-order valence-electron chi connectivity index (χ0n) is 15.1. The average molecular weight is 373 g/mol. The van der Waals surface area contributed by atoms with E-state index in [0.29, 0.717) is 24.2 Å². The van der Waals surface area contributed by atoms with Crippen LogP contribution in [0.5, 0.6) is 0 Å². The molecular weight excluding hydrogens is 354 g/mol. The van der Waals surface area contributed by atoms with Crippen molar-refractivity contribution < 1.29 is 14.0 Å². The zero-order chi connectivity index (χ0) is 19.3. The second-order valence-corrected chi connectivity index (χ2v) is 6.34. The molecule has 2 aromatic heterocycles. The first-order valence-electron chi connectivity index (χ1n) is 8.99. The molecule has 2 amide bonds. The van der Waals surface area contributed by atoms with Gasteiger partial charge in [-0.05, 0) is 42.3 Å². The molecule has 0 saturated heterocycles. The van der Waals surface area contributed by atoms with Crippen molar-refractivity contribution in [2.45, 2.75) is 6.42 Å². The number of H-pyrrole nitrogens is 1. The van der Waals surface area contributed by atoms with Crippen molar-refractivity contribution in [1.82, 2.24) is 10.3 Å². The second kappa shape index (κ2) is 7.84. The maximum atomic E-state index is 12.6. The Hall–Kier alpha value is -3.80. The third kappa shape index (κ3) is 3.66. The molecule has 6 heteroatoms. The Morgan fingerprint density at radius 3 is 2.61 bits per heavy atom. The summed E-state index contributed by atoms with van der Waals surface area (Å²) in [5, 5.41) is 6.80. The third-order valence-corrected chi connectivity index (χ3v) is 4.52. The molecule has 28 heavy (non-hydrogen) atoms. The lowest BCUT2D eigenvalue weighted by Crippen LogP contribution is -2.27. The monoisotopic (exact) mass is 373 g/mol. The first kappa shape index (κ1) is 17.6. The molecule has 140 valence electrons. The van der Waals surface area contributed by atoms with Gasteiger partial charge in [-0.3, -0.25) is 9.59 Å². The number of hydrogen-bond donors (Lipinski definition) is 3. The predicted octanol–water partition coefficient (Wildman–Crippen LogP) is 3.99. The Morgan fingerprint density at radius 2 is 1.75 bits per heavy atom. The molecule has 0 spiro atoms. The summed E-state index contributed by atoms with van der Waals surface area (Å²) in [7, 11) is 0. The molecule has 0 saturated carbocycles. The number of rotatable bonds is 6. The number of nitrogens with one attached hydrogen (secondary N) is 3. The number of aromatic amines is 1. The van der Waals surface area contributed by atoms with Crippen molar-refractivity contribution in [3.63, 3.8) is 0 Å². The Labute approximate surface area is 161 Å². The van der Waals surface area contributed by atoms with Crippen molar-refractivity contribution >= 4 is 28.4 Å². The quantitative estimate of drug-likeness (QED) is 0.478. The van der Waals surface area contributed by atoms with Crippen LogP contribution in [0.3, 0.4) is 0 Å². The molecule has 2 heterocycles. The lowest BCUT2D eigenvalue weighted by molar-refractivity contribution is 0.0955. The van der Waals surface area contributed by atoms with Gasteiger partial charge in [-0.15, -0.1) is 0 Å². The third-order valence-electron chi connectivity index (χ3n) is 4.52. The van der Waals surface area contributed by atoms with Crippen LogP contribution in [-0.2, 0) is 6.42 Å². The fraction of sp³-hybridized carbons (Fsp3) is 0.0909. The fourth-order valence-electron chi connectivity index (χ4n) is 3.13. The highest BCUT2D eigenvalue weighted by Gasteiger charge is 2.15. The van der Waals surface area contributed by atoms with E-state index >= 15 is 0 Å². The van der Waals surface area contributed by atoms with Crippen molar-refractivity contribution in [3.8, 4) is 0 Å². The second-order valence-electron chi connectivity index (χ2n) is 6.34. The Bertz CT molecular complexity index is 1110. The van der Waals surface area contributed by atoms with Gasteiger partial charge in [0.15, 0.2) is 5.76 Å². The Morgan fingerprint density at radius 1 is 0.929 bits per heavy atom. The maximum Gasteiger partial charge on any atom is 0.291 e. The number of benzene rings is 2. The number of carbonyl (C=O) groups is 2. The molecule has 0 unspecified atom stereocenters. The van der Waals surface area contributed by atoms with E-state index in [4.69, 9.17) is 4.42 Å². The number of carbonyl (C=O) groups excluding carboxylic acids is 2. The first-order chi connectivity index (χ1) is 13.7. The first-order valence-corrected chi connectivity index (χ1v) is 8.99. The molecule has 0 fully saturated rings. The minimum atomic E-state index is -0.399. The number of para-hydroxylation sites is 2. The summed E-state index contributed by atoms with van der Waals surface area (Å²) in [6.07, 6.45) is 4.10. The highest BCUT2D eigenvalue weighted by Crippen LogP contribution is 2.19. The largest absolute Gasteiger partial charge is 0.459 e. The summed E-state index contributed by atoms with van der Waals surface area (Å²) in [6.45, 7) is 0.487. The molecule has 0 atom stereocenters. The van der Waals surface area contributed by atoms with Crippen LogP contribution in [0, 0.1) is 0 Å². The number of fused-ring (bicyclic) bond motifs is 1. The summed E-state index contributed by atoms with van der Waals surface area (Å²) < 4.78 is 5.09. The molecule has 0 aliphatic heterocycles. The molecular formula is C22H19N3O3. The molecule has 6 nitrogen and oxygen atoms in total. The van der Waals surface area contributed by atoms with Crippen molar-refractivity contribution in [3.05, 3.63) is 90.0 Å². The van der Waals surface area contributed by atoms with Gasteiger partial charge in [0.2, 0.25) is 0 Å². The lowest BCUT2D eigenvalue weighted by atomic mass is 10.1. The lowest BCUT2D eigenvalue weighted by Gasteiger charge is -2.10. The molecule has 4 aromatic rings. The SMILES string of the molecule is O=C(Nc1ccccc1C(=O)NCCc1c[nH]c2ccccc12)c1ccco1. The number of anilines is 1. The van der Waals surface area contributed by atoms with Crippen molar-refractivity contribution in [2.24, 2.45) is 0 Å². The molecule has 0 aliphatic rings. The van der Waals surface area contributed by atoms with Crippen LogP contribution in [0.15, 0.2) is 77.5 Å². The Balaban J connectivity index is 1.41. The van der Waals surface area contributed by atoms with Crippen molar-refractivity contribution in [1.29, 1.82) is 0 Å². The van der Waals surface area contributed by atoms with Crippen LogP contribution in [0.25, 0.3) is 10.9 Å². The van der Waals surface area contributed by atoms with Gasteiger partial charge in [-0.1, -0.05) is 30.3 Å². The highest BCUT2D eigenvalue weighted by atomic mass is 16.3. The van der Waals surface area contributed by atoms with Gasteiger partial charge < -0.3 is 20.0 Å². The summed E-state index contributed by atoms with van der Waals surface area (Å²) in [5.41, 5.74) is 3.07. The maximum absolute atomic E-state index is 12.6. The van der Waals surface area contributed by atoms with Gasteiger partial charge in [0.1, 0.15) is 0 Å². The van der Waals surface area contributed by atoms with Gasteiger partial charge in [-0.2, -0.15) is 0 Å². The van der Waals surface area contributed by atoms with Crippen LogP contribution >= 0.6 is 0 Å². The topological polar surface area (TPSA) is 87.1 Å². The van der Waals surface area contributed by atoms with Crippen molar-refractivity contribution in [2.75, 3.05) is 11.9 Å². The minimum absolute atomic E-state index is 0.189. The molecule has 2 aromatic carbocycles. The van der Waals surface area contributed by atoms with Gasteiger partial charge >= 0.3 is 0 Å². The zero-order valence-corrected chi connectivity index (χ0v) is 15.1. The van der Waals surface area contributed by atoms with E-state index < -0.39 is 5.91 Å². The van der Waals surface area contributed by atoms with Gasteiger partial charge in [0, 0.05) is 23.6 Å². The predicted molar refractivity (Wildman–Crippen MR) is 107 cm³/mol. The summed E-state index contributed by atoms with van der Waals surface area (Å²) in [4.78, 5) is 28.1. The van der Waals surface area contributed by atoms with Gasteiger partial charge in [0.05, 0.1) is 17.5 Å². The van der Waals surface area contributed by atoms with Crippen LogP contribution in [0.4, 0.5) is 5.69 Å². The van der Waals surface area contributed by atoms with E-state index in [1.807, 2.05) is 24.4 Å². The van der Waals surface area contributed by atoms with Gasteiger partial charge in [0.25, 0.3) is 11.8 Å². The van der Waals surface area contributed by atoms with E-state index in [-0.39, 0.29) is 11.7 Å². The Kier molecular flexibility index (Phi) is 4.93. The van der Waals surface area contributed by atoms with Crippen LogP contribution in [0.2, 0.25) is 0 Å². The normalized spacial score (nSPS) is 10.7. The summed E-state index contributed by atoms with van der Waals surface area (Å²) >= 11 is 0. The average Bonchev–Trinajstić information content (AvgIpc) is 3.39. The molecule has 4 rings (SSSR count). The van der Waals surface area contributed by atoms with E-state index in [1.165, 1.54) is 6.26 Å². The van der Waals surface area contributed by atoms with Crippen LogP contribution in [-0.4, -0.2) is 23.3 Å². The fourth-order valence-corrected chi connectivity index (χ4v) is 3.13. The number of hydrogen-bond acceptors (Lipinski definition) is 3. The van der Waals surface area contributed by atoms with Gasteiger partial charge in [-0.25, -0.2) is 0 Å². The van der Waals surface area contributed by atoms with E-state index in [2.05, 4.69) is 21.7 Å². The summed E-state index contributed by atoms with van der Waals surface area (Å²) in [6, 6.07) is 18.2. The van der Waals surface area contributed by atoms with Crippen LogP contribution in [0.1, 0.15) is 26.5 Å². The molecule has 0 bridgehead atoms. The highest BCUT2D eigenvalue weighted by molar-refractivity contribution is 6.07. The van der Waals surface area contributed by atoms with Crippen LogP contribution < -0.4 is 10.6 Å². The molecule has 0 radical (unpaired) electrons. The smallest absolute Gasteiger partial charge is 0.291 e. The molecule has 0 aliphatic carbocycles. The molecule has 3 N–H and O–H groups in total. The van der Waals surface area contributed by atoms with E-state index in [1.54, 1.807) is 36.4 Å².